The largest absolute Gasteiger partial charge is 0.432 e. The van der Waals surface area contributed by atoms with Crippen molar-refractivity contribution in [1.82, 2.24) is 0 Å². The standard InChI is InChI=1S/C4H12O2SSi/c1-6-4-8(5)3-2-7/h5,7-8H,2-4H2,1H3. The van der Waals surface area contributed by atoms with E-state index in [-0.39, 0.29) is 0 Å². The zero-order chi connectivity index (χ0) is 6.41. The number of rotatable bonds is 4. The Morgan fingerprint density at radius 1 is 1.75 bits per heavy atom. The van der Waals surface area contributed by atoms with Gasteiger partial charge in [-0.3, -0.25) is 0 Å². The number of thiol groups is 1. The lowest BCUT2D eigenvalue weighted by molar-refractivity contribution is 0.237. The van der Waals surface area contributed by atoms with Crippen LogP contribution in [-0.4, -0.2) is 32.9 Å². The summed E-state index contributed by atoms with van der Waals surface area (Å²) in [5.74, 6) is 0.775. The molecule has 0 aliphatic rings. The van der Waals surface area contributed by atoms with Gasteiger partial charge in [-0.05, 0) is 11.8 Å². The third-order valence-corrected chi connectivity index (χ3v) is 3.24. The molecule has 0 fully saturated rings. The van der Waals surface area contributed by atoms with Crippen molar-refractivity contribution in [3.63, 3.8) is 0 Å². The molecule has 0 radical (unpaired) electrons. The van der Waals surface area contributed by atoms with Crippen molar-refractivity contribution in [2.24, 2.45) is 0 Å². The lowest BCUT2D eigenvalue weighted by atomic mass is 11.0. The first-order valence-electron chi connectivity index (χ1n) is 2.59. The van der Waals surface area contributed by atoms with Gasteiger partial charge in [0, 0.05) is 7.11 Å². The topological polar surface area (TPSA) is 29.5 Å². The van der Waals surface area contributed by atoms with Gasteiger partial charge in [0.2, 0.25) is 0 Å². The Balaban J connectivity index is 2.92. The van der Waals surface area contributed by atoms with Crippen LogP contribution in [0.5, 0.6) is 0 Å². The highest BCUT2D eigenvalue weighted by atomic mass is 32.1. The van der Waals surface area contributed by atoms with E-state index in [1.54, 1.807) is 7.11 Å². The maximum absolute atomic E-state index is 9.01. The minimum absolute atomic E-state index is 0.556. The van der Waals surface area contributed by atoms with Crippen LogP contribution in [0.2, 0.25) is 6.04 Å². The van der Waals surface area contributed by atoms with Crippen LogP contribution >= 0.6 is 12.6 Å². The Hall–Kier alpha value is 0.487. The molecule has 1 atom stereocenters. The summed E-state index contributed by atoms with van der Waals surface area (Å²) < 4.78 is 4.73. The van der Waals surface area contributed by atoms with Gasteiger partial charge in [-0.15, -0.1) is 0 Å². The summed E-state index contributed by atoms with van der Waals surface area (Å²) in [7, 11) is 0.105. The van der Waals surface area contributed by atoms with E-state index in [0.29, 0.717) is 6.23 Å². The van der Waals surface area contributed by atoms with Crippen LogP contribution < -0.4 is 0 Å². The second kappa shape index (κ2) is 5.62. The summed E-state index contributed by atoms with van der Waals surface area (Å²) in [4.78, 5) is 9.01. The van der Waals surface area contributed by atoms with E-state index in [2.05, 4.69) is 12.6 Å². The van der Waals surface area contributed by atoms with E-state index >= 15 is 0 Å². The molecule has 0 rings (SSSR count). The van der Waals surface area contributed by atoms with Crippen LogP contribution in [-0.2, 0) is 4.74 Å². The average Bonchev–Trinajstić information content (AvgIpc) is 1.68. The van der Waals surface area contributed by atoms with Gasteiger partial charge in [0.25, 0.3) is 0 Å². The van der Waals surface area contributed by atoms with Crippen molar-refractivity contribution in [1.29, 1.82) is 0 Å². The quantitative estimate of drug-likeness (QED) is 0.432. The van der Waals surface area contributed by atoms with Crippen LogP contribution in [0.4, 0.5) is 0 Å². The molecular weight excluding hydrogens is 140 g/mol. The molecule has 0 aromatic heterocycles. The number of ether oxygens (including phenoxy) is 1. The molecule has 8 heavy (non-hydrogen) atoms. The number of hydrogen-bond acceptors (Lipinski definition) is 3. The summed E-state index contributed by atoms with van der Waals surface area (Å²) in [5.41, 5.74) is 0. The SMILES string of the molecule is COC[SiH](O)CCS. The third-order valence-electron chi connectivity index (χ3n) is 0.821. The summed E-state index contributed by atoms with van der Waals surface area (Å²) in [5, 5.41) is 0. The highest BCUT2D eigenvalue weighted by Gasteiger charge is 2.02. The van der Waals surface area contributed by atoms with Crippen LogP contribution in [0, 0.1) is 0 Å². The molecule has 2 nitrogen and oxygen atoms in total. The van der Waals surface area contributed by atoms with E-state index in [1.807, 2.05) is 0 Å². The van der Waals surface area contributed by atoms with Gasteiger partial charge in [-0.25, -0.2) is 0 Å². The van der Waals surface area contributed by atoms with Crippen molar-refractivity contribution in [3.05, 3.63) is 0 Å². The first-order valence-corrected chi connectivity index (χ1v) is 5.37. The van der Waals surface area contributed by atoms with E-state index < -0.39 is 9.04 Å². The van der Waals surface area contributed by atoms with Crippen LogP contribution in [0.15, 0.2) is 0 Å². The lowest BCUT2D eigenvalue weighted by Gasteiger charge is -2.02. The Kier molecular flexibility index (Phi) is 5.96. The molecule has 0 heterocycles. The van der Waals surface area contributed by atoms with Gasteiger partial charge in [-0.2, -0.15) is 12.6 Å². The van der Waals surface area contributed by atoms with Gasteiger partial charge < -0.3 is 9.53 Å². The summed E-state index contributed by atoms with van der Waals surface area (Å²) in [6.07, 6.45) is 0.556. The minimum atomic E-state index is -1.50. The third kappa shape index (κ3) is 4.64. The van der Waals surface area contributed by atoms with Crippen molar-refractivity contribution >= 4 is 21.7 Å². The van der Waals surface area contributed by atoms with Crippen LogP contribution in [0.3, 0.4) is 0 Å². The van der Waals surface area contributed by atoms with E-state index in [9.17, 15) is 0 Å². The first kappa shape index (κ1) is 8.49. The zero-order valence-electron chi connectivity index (χ0n) is 5.00. The first-order chi connectivity index (χ1) is 3.81. The fourth-order valence-electron chi connectivity index (χ4n) is 0.425. The van der Waals surface area contributed by atoms with Gasteiger partial charge >= 0.3 is 0 Å². The smallest absolute Gasteiger partial charge is 0.198 e. The average molecular weight is 152 g/mol. The van der Waals surface area contributed by atoms with Gasteiger partial charge in [-0.1, -0.05) is 0 Å². The lowest BCUT2D eigenvalue weighted by Crippen LogP contribution is -2.19. The van der Waals surface area contributed by atoms with E-state index in [4.69, 9.17) is 9.53 Å². The molecule has 0 aliphatic carbocycles. The summed E-state index contributed by atoms with van der Waals surface area (Å²) in [6, 6.07) is 0.844. The predicted octanol–water partition coefficient (Wildman–Crippen LogP) is -0.182. The molecule has 0 aromatic rings. The summed E-state index contributed by atoms with van der Waals surface area (Å²) >= 11 is 3.97. The highest BCUT2D eigenvalue weighted by Crippen LogP contribution is 1.90. The van der Waals surface area contributed by atoms with Crippen molar-refractivity contribution in [2.75, 3.05) is 19.1 Å². The van der Waals surface area contributed by atoms with Gasteiger partial charge in [0.05, 0.1) is 6.23 Å². The van der Waals surface area contributed by atoms with Crippen molar-refractivity contribution < 1.29 is 9.53 Å². The Bertz CT molecular complexity index is 47.3. The Labute approximate surface area is 57.0 Å². The molecule has 0 saturated heterocycles. The van der Waals surface area contributed by atoms with Crippen molar-refractivity contribution in [3.8, 4) is 0 Å². The second-order valence-corrected chi connectivity index (χ2v) is 4.29. The summed E-state index contributed by atoms with van der Waals surface area (Å²) in [6.45, 7) is 0. The molecule has 0 aliphatic heterocycles. The molecule has 0 amide bonds. The van der Waals surface area contributed by atoms with E-state index in [0.717, 1.165) is 11.8 Å². The monoisotopic (exact) mass is 152 g/mol. The van der Waals surface area contributed by atoms with E-state index in [1.165, 1.54) is 0 Å². The maximum atomic E-state index is 9.01. The minimum Gasteiger partial charge on any atom is -0.432 e. The normalized spacial score (nSPS) is 13.9. The Morgan fingerprint density at radius 3 is 2.75 bits per heavy atom. The van der Waals surface area contributed by atoms with Crippen molar-refractivity contribution in [2.45, 2.75) is 6.04 Å². The molecular formula is C4H12O2SSi. The fraction of sp³-hybridized carbons (Fsp3) is 1.00. The Morgan fingerprint density at radius 2 is 2.38 bits per heavy atom. The van der Waals surface area contributed by atoms with Crippen LogP contribution in [0.1, 0.15) is 0 Å². The molecule has 4 heteroatoms. The van der Waals surface area contributed by atoms with Crippen LogP contribution in [0.25, 0.3) is 0 Å². The molecule has 0 spiro atoms. The van der Waals surface area contributed by atoms with Gasteiger partial charge in [0.15, 0.2) is 9.04 Å². The highest BCUT2D eigenvalue weighted by molar-refractivity contribution is 7.80. The molecule has 0 bridgehead atoms. The fourth-order valence-corrected chi connectivity index (χ4v) is 2.17. The zero-order valence-corrected chi connectivity index (χ0v) is 7.05. The predicted molar refractivity (Wildman–Crippen MR) is 39.9 cm³/mol. The molecule has 0 saturated carbocycles. The van der Waals surface area contributed by atoms with Gasteiger partial charge in [0.1, 0.15) is 0 Å². The molecule has 1 unspecified atom stereocenters. The molecule has 1 N–H and O–H groups in total. The maximum Gasteiger partial charge on any atom is 0.198 e. The number of hydrogen-bond donors (Lipinski definition) is 2. The molecule has 50 valence electrons. The molecule has 0 aromatic carbocycles. The second-order valence-electron chi connectivity index (χ2n) is 1.62. The number of methoxy groups -OCH3 is 1.